The lowest BCUT2D eigenvalue weighted by Gasteiger charge is -2.03. The fourth-order valence-corrected chi connectivity index (χ4v) is 1.11. The van der Waals surface area contributed by atoms with Crippen molar-refractivity contribution in [1.82, 2.24) is 0 Å². The smallest absolute Gasteiger partial charge is 0.338 e. The van der Waals surface area contributed by atoms with Gasteiger partial charge in [0.25, 0.3) is 0 Å². The summed E-state index contributed by atoms with van der Waals surface area (Å²) in [6, 6.07) is 2.02. The molecule has 1 rings (SSSR count). The molecule has 0 unspecified atom stereocenters. The van der Waals surface area contributed by atoms with E-state index in [0.29, 0.717) is 0 Å². The van der Waals surface area contributed by atoms with Gasteiger partial charge >= 0.3 is 5.97 Å². The van der Waals surface area contributed by atoms with Crippen LogP contribution < -0.4 is 0 Å². The number of hydrogen-bond donors (Lipinski definition) is 1. The third kappa shape index (κ3) is 2.14. The van der Waals surface area contributed by atoms with Crippen LogP contribution in [0.1, 0.15) is 17.3 Å². The number of esters is 1. The van der Waals surface area contributed by atoms with Gasteiger partial charge in [-0.3, -0.25) is 0 Å². The second-order valence-electron chi connectivity index (χ2n) is 2.51. The number of phenols is 1. The zero-order valence-corrected chi connectivity index (χ0v) is 8.14. The Balaban J connectivity index is 3.06. The molecule has 0 heterocycles. The molecule has 0 bridgehead atoms. The molecule has 0 amide bonds. The summed E-state index contributed by atoms with van der Waals surface area (Å²) in [5, 5.41) is 8.77. The Morgan fingerprint density at radius 3 is 2.79 bits per heavy atom. The van der Waals surface area contributed by atoms with Crippen molar-refractivity contribution in [2.24, 2.45) is 0 Å². The van der Waals surface area contributed by atoms with Gasteiger partial charge < -0.3 is 9.84 Å². The maximum absolute atomic E-state index is 12.9. The fourth-order valence-electron chi connectivity index (χ4n) is 0.898. The molecule has 0 fully saturated rings. The lowest BCUT2D eigenvalue weighted by molar-refractivity contribution is 0.0526. The molecule has 0 aliphatic rings. The van der Waals surface area contributed by atoms with E-state index in [-0.39, 0.29) is 17.2 Å². The van der Waals surface area contributed by atoms with Gasteiger partial charge in [-0.15, -0.1) is 0 Å². The van der Waals surface area contributed by atoms with Crippen LogP contribution in [-0.4, -0.2) is 17.7 Å². The Hall–Kier alpha value is -1.29. The van der Waals surface area contributed by atoms with Gasteiger partial charge in [-0.05, 0) is 19.1 Å². The highest BCUT2D eigenvalue weighted by Crippen LogP contribution is 2.27. The third-order valence-electron chi connectivity index (χ3n) is 1.53. The maximum atomic E-state index is 12.9. The highest BCUT2D eigenvalue weighted by molar-refractivity contribution is 6.32. The van der Waals surface area contributed by atoms with Crippen LogP contribution in [-0.2, 0) is 4.74 Å². The summed E-state index contributed by atoms with van der Waals surface area (Å²) in [4.78, 5) is 11.1. The first-order chi connectivity index (χ1) is 6.56. The van der Waals surface area contributed by atoms with Gasteiger partial charge in [-0.2, -0.15) is 0 Å². The summed E-state index contributed by atoms with van der Waals surface area (Å²) in [6.45, 7) is 1.83. The number of aromatic hydroxyl groups is 1. The van der Waals surface area contributed by atoms with Gasteiger partial charge in [-0.1, -0.05) is 11.6 Å². The van der Waals surface area contributed by atoms with Gasteiger partial charge in [0.1, 0.15) is 0 Å². The molecule has 1 aromatic rings. The zero-order chi connectivity index (χ0) is 10.7. The van der Waals surface area contributed by atoms with E-state index in [9.17, 15) is 9.18 Å². The quantitative estimate of drug-likeness (QED) is 0.776. The molecule has 1 N–H and O–H groups in total. The number of ether oxygens (including phenoxy) is 1. The molecule has 0 saturated carbocycles. The molecule has 0 radical (unpaired) electrons. The Bertz CT molecular complexity index is 342. The fraction of sp³-hybridized carbons (Fsp3) is 0.222. The SMILES string of the molecule is CCOC(=O)c1cc(F)c(O)c(Cl)c1. The largest absolute Gasteiger partial charge is 0.504 e. The van der Waals surface area contributed by atoms with Crippen LogP contribution in [0.25, 0.3) is 0 Å². The number of carbonyl (C=O) groups excluding carboxylic acids is 1. The minimum atomic E-state index is -0.944. The second kappa shape index (κ2) is 4.28. The van der Waals surface area contributed by atoms with Crippen LogP contribution in [0.15, 0.2) is 12.1 Å². The Kier molecular flexibility index (Phi) is 3.30. The molecule has 0 aromatic heterocycles. The third-order valence-corrected chi connectivity index (χ3v) is 1.82. The van der Waals surface area contributed by atoms with E-state index in [2.05, 4.69) is 4.74 Å². The predicted molar refractivity (Wildman–Crippen MR) is 49.0 cm³/mol. The highest BCUT2D eigenvalue weighted by atomic mass is 35.5. The number of halogens is 2. The van der Waals surface area contributed by atoms with Crippen molar-refractivity contribution in [2.75, 3.05) is 6.61 Å². The molecule has 3 nitrogen and oxygen atoms in total. The Labute approximate surface area is 85.1 Å². The van der Waals surface area contributed by atoms with E-state index >= 15 is 0 Å². The van der Waals surface area contributed by atoms with E-state index < -0.39 is 17.5 Å². The van der Waals surface area contributed by atoms with Gasteiger partial charge in [0.2, 0.25) is 0 Å². The average Bonchev–Trinajstić information content (AvgIpc) is 2.13. The van der Waals surface area contributed by atoms with Gasteiger partial charge in [0, 0.05) is 0 Å². The topological polar surface area (TPSA) is 46.5 Å². The van der Waals surface area contributed by atoms with Crippen molar-refractivity contribution in [2.45, 2.75) is 6.92 Å². The Morgan fingerprint density at radius 1 is 1.64 bits per heavy atom. The summed E-state index contributed by atoms with van der Waals surface area (Å²) in [7, 11) is 0. The van der Waals surface area contributed by atoms with E-state index in [0.717, 1.165) is 12.1 Å². The maximum Gasteiger partial charge on any atom is 0.338 e. The number of rotatable bonds is 2. The van der Waals surface area contributed by atoms with Crippen molar-refractivity contribution in [3.8, 4) is 5.75 Å². The van der Waals surface area contributed by atoms with Crippen molar-refractivity contribution in [1.29, 1.82) is 0 Å². The number of benzene rings is 1. The minimum Gasteiger partial charge on any atom is -0.504 e. The van der Waals surface area contributed by atoms with E-state index in [1.54, 1.807) is 6.92 Å². The average molecular weight is 219 g/mol. The number of phenolic OH excluding ortho intramolecular Hbond substituents is 1. The second-order valence-corrected chi connectivity index (χ2v) is 2.92. The van der Waals surface area contributed by atoms with Crippen molar-refractivity contribution in [3.63, 3.8) is 0 Å². The molecule has 0 saturated heterocycles. The summed E-state index contributed by atoms with van der Waals surface area (Å²) >= 11 is 5.47. The molecule has 0 aliphatic carbocycles. The number of carbonyl (C=O) groups is 1. The number of hydrogen-bond acceptors (Lipinski definition) is 3. The van der Waals surface area contributed by atoms with Crippen molar-refractivity contribution in [3.05, 3.63) is 28.5 Å². The lowest BCUT2D eigenvalue weighted by Crippen LogP contribution is -2.05. The summed E-state index contributed by atoms with van der Waals surface area (Å²) in [5.74, 6) is -2.28. The van der Waals surface area contributed by atoms with E-state index in [4.69, 9.17) is 16.7 Å². The monoisotopic (exact) mass is 218 g/mol. The molecule has 14 heavy (non-hydrogen) atoms. The predicted octanol–water partition coefficient (Wildman–Crippen LogP) is 2.36. The van der Waals surface area contributed by atoms with Crippen LogP contribution in [0.4, 0.5) is 4.39 Å². The van der Waals surface area contributed by atoms with Gasteiger partial charge in [0.05, 0.1) is 17.2 Å². The first kappa shape index (κ1) is 10.8. The van der Waals surface area contributed by atoms with Crippen LogP contribution in [0.3, 0.4) is 0 Å². The molecule has 0 atom stereocenters. The minimum absolute atomic E-state index is 0.0212. The van der Waals surface area contributed by atoms with Crippen molar-refractivity contribution < 1.29 is 19.0 Å². The molecule has 5 heteroatoms. The van der Waals surface area contributed by atoms with E-state index in [1.807, 2.05) is 0 Å². The zero-order valence-electron chi connectivity index (χ0n) is 7.38. The molecule has 76 valence electrons. The molecular formula is C9H8ClFO3. The molecule has 1 aromatic carbocycles. The molecule has 0 aliphatic heterocycles. The first-order valence-electron chi connectivity index (χ1n) is 3.91. The van der Waals surface area contributed by atoms with Crippen LogP contribution in [0.2, 0.25) is 5.02 Å². The van der Waals surface area contributed by atoms with Crippen LogP contribution >= 0.6 is 11.6 Å². The summed E-state index contributed by atoms with van der Waals surface area (Å²) in [6.07, 6.45) is 0. The summed E-state index contributed by atoms with van der Waals surface area (Å²) < 4.78 is 17.5. The standard InChI is InChI=1S/C9H8ClFO3/c1-2-14-9(13)5-3-6(10)8(12)7(11)4-5/h3-4,12H,2H2,1H3. The molecule has 0 spiro atoms. The summed E-state index contributed by atoms with van der Waals surface area (Å²) in [5.41, 5.74) is -0.0212. The first-order valence-corrected chi connectivity index (χ1v) is 4.29. The lowest BCUT2D eigenvalue weighted by atomic mass is 10.2. The highest BCUT2D eigenvalue weighted by Gasteiger charge is 2.13. The van der Waals surface area contributed by atoms with Gasteiger partial charge in [-0.25, -0.2) is 9.18 Å². The van der Waals surface area contributed by atoms with Crippen LogP contribution in [0, 0.1) is 5.82 Å². The van der Waals surface area contributed by atoms with Crippen LogP contribution in [0.5, 0.6) is 5.75 Å². The van der Waals surface area contributed by atoms with Gasteiger partial charge in [0.15, 0.2) is 11.6 Å². The molecular weight excluding hydrogens is 211 g/mol. The van der Waals surface area contributed by atoms with E-state index in [1.165, 1.54) is 0 Å². The normalized spacial score (nSPS) is 9.93. The van der Waals surface area contributed by atoms with Crippen molar-refractivity contribution >= 4 is 17.6 Å². The Morgan fingerprint density at radius 2 is 2.29 bits per heavy atom.